The fraction of sp³-hybridized carbons (Fsp3) is 0.375. The van der Waals surface area contributed by atoms with Gasteiger partial charge in [0.05, 0.1) is 12.6 Å². The third kappa shape index (κ3) is 3.51. The molecule has 2 nitrogen and oxygen atoms in total. The van der Waals surface area contributed by atoms with Crippen LogP contribution in [0.25, 0.3) is 0 Å². The van der Waals surface area contributed by atoms with Crippen LogP contribution in [0, 0.1) is 11.7 Å². The average molecular weight is 293 g/mol. The largest absolute Gasteiger partial charge is 0.491 e. The van der Waals surface area contributed by atoms with Gasteiger partial charge >= 0.3 is 0 Å². The van der Waals surface area contributed by atoms with Crippen molar-refractivity contribution in [3.8, 4) is 5.75 Å². The lowest BCUT2D eigenvalue weighted by atomic mass is 10.0. The molecule has 20 heavy (non-hydrogen) atoms. The number of ether oxygens (including phenoxy) is 1. The van der Waals surface area contributed by atoms with Crippen LogP contribution in [0.5, 0.6) is 5.75 Å². The predicted octanol–water partition coefficient (Wildman–Crippen LogP) is 5.10. The first-order chi connectivity index (χ1) is 9.61. The van der Waals surface area contributed by atoms with E-state index in [1.165, 1.54) is 10.9 Å². The summed E-state index contributed by atoms with van der Waals surface area (Å²) >= 11 is 1.71. The van der Waals surface area contributed by atoms with Gasteiger partial charge in [-0.1, -0.05) is 19.9 Å². The Bertz CT molecular complexity index is 539. The lowest BCUT2D eigenvalue weighted by molar-refractivity contribution is 0.321. The van der Waals surface area contributed by atoms with Crippen LogP contribution in [0.2, 0.25) is 0 Å². The maximum absolute atomic E-state index is 13.9. The first-order valence-electron chi connectivity index (χ1n) is 6.84. The van der Waals surface area contributed by atoms with E-state index in [1.807, 2.05) is 19.1 Å². The van der Waals surface area contributed by atoms with Crippen LogP contribution in [-0.4, -0.2) is 6.61 Å². The Labute approximate surface area is 123 Å². The summed E-state index contributed by atoms with van der Waals surface area (Å²) in [6.45, 7) is 6.62. The number of nitrogens with one attached hydrogen (secondary N) is 1. The van der Waals surface area contributed by atoms with Gasteiger partial charge in [0.25, 0.3) is 0 Å². The molecule has 4 heteroatoms. The van der Waals surface area contributed by atoms with E-state index in [0.717, 1.165) is 5.69 Å². The Morgan fingerprint density at radius 3 is 2.65 bits per heavy atom. The Hall–Kier alpha value is -1.55. The molecule has 0 saturated heterocycles. The molecule has 0 saturated carbocycles. The molecule has 2 rings (SSSR count). The van der Waals surface area contributed by atoms with Crippen molar-refractivity contribution < 1.29 is 9.13 Å². The van der Waals surface area contributed by atoms with Crippen LogP contribution in [0.4, 0.5) is 10.1 Å². The fourth-order valence-electron chi connectivity index (χ4n) is 2.08. The van der Waals surface area contributed by atoms with Gasteiger partial charge in [-0.3, -0.25) is 0 Å². The highest BCUT2D eigenvalue weighted by atomic mass is 32.1. The van der Waals surface area contributed by atoms with Crippen LogP contribution < -0.4 is 10.1 Å². The minimum atomic E-state index is -0.328. The highest BCUT2D eigenvalue weighted by molar-refractivity contribution is 7.10. The van der Waals surface area contributed by atoms with Crippen LogP contribution in [0.1, 0.15) is 31.7 Å². The summed E-state index contributed by atoms with van der Waals surface area (Å²) in [5.74, 6) is 0.393. The number of thiophene rings is 1. The van der Waals surface area contributed by atoms with Crippen molar-refractivity contribution in [3.05, 3.63) is 46.4 Å². The maximum atomic E-state index is 13.9. The Balaban J connectivity index is 2.17. The standard InChI is InChI=1S/C16H20FNOS/c1-4-19-14-8-7-12(10-13(14)17)18-16(11(2)3)15-6-5-9-20-15/h5-11,16,18H,4H2,1-3H3. The molecule has 0 aliphatic carbocycles. The smallest absolute Gasteiger partial charge is 0.167 e. The second kappa shape index (κ2) is 6.75. The lowest BCUT2D eigenvalue weighted by Gasteiger charge is -2.22. The van der Waals surface area contributed by atoms with E-state index in [4.69, 9.17) is 4.74 Å². The minimum absolute atomic E-state index is 0.187. The Morgan fingerprint density at radius 1 is 1.30 bits per heavy atom. The summed E-state index contributed by atoms with van der Waals surface area (Å²) in [5, 5.41) is 5.47. The van der Waals surface area contributed by atoms with Crippen molar-refractivity contribution in [1.29, 1.82) is 0 Å². The number of rotatable bonds is 6. The van der Waals surface area contributed by atoms with Crippen LogP contribution in [-0.2, 0) is 0 Å². The van der Waals surface area contributed by atoms with Crippen LogP contribution in [0.15, 0.2) is 35.7 Å². The molecule has 0 bridgehead atoms. The van der Waals surface area contributed by atoms with E-state index in [2.05, 4.69) is 30.6 Å². The molecule has 0 spiro atoms. The molecule has 108 valence electrons. The number of hydrogen-bond acceptors (Lipinski definition) is 3. The molecule has 0 aliphatic heterocycles. The van der Waals surface area contributed by atoms with Gasteiger partial charge in [0, 0.05) is 16.6 Å². The van der Waals surface area contributed by atoms with E-state index in [1.54, 1.807) is 17.4 Å². The monoisotopic (exact) mass is 293 g/mol. The highest BCUT2D eigenvalue weighted by Gasteiger charge is 2.17. The lowest BCUT2D eigenvalue weighted by Crippen LogP contribution is -2.15. The minimum Gasteiger partial charge on any atom is -0.491 e. The molecule has 0 amide bonds. The summed E-state index contributed by atoms with van der Waals surface area (Å²) in [6, 6.07) is 9.36. The van der Waals surface area contributed by atoms with Gasteiger partial charge in [0.15, 0.2) is 11.6 Å². The zero-order chi connectivity index (χ0) is 14.5. The Morgan fingerprint density at radius 2 is 2.10 bits per heavy atom. The van der Waals surface area contributed by atoms with Gasteiger partial charge in [0.2, 0.25) is 0 Å². The van der Waals surface area contributed by atoms with Gasteiger partial charge in [-0.25, -0.2) is 4.39 Å². The van der Waals surface area contributed by atoms with Gasteiger partial charge in [0.1, 0.15) is 0 Å². The third-order valence-corrected chi connectivity index (χ3v) is 4.03. The molecular weight excluding hydrogens is 273 g/mol. The SMILES string of the molecule is CCOc1ccc(NC(c2cccs2)C(C)C)cc1F. The first-order valence-corrected chi connectivity index (χ1v) is 7.72. The second-order valence-electron chi connectivity index (χ2n) is 4.96. The van der Waals surface area contributed by atoms with Gasteiger partial charge in [-0.15, -0.1) is 11.3 Å². The summed E-state index contributed by atoms with van der Waals surface area (Å²) in [5.41, 5.74) is 0.776. The fourth-order valence-corrected chi connectivity index (χ4v) is 3.03. The molecule has 1 aromatic heterocycles. The molecule has 0 fully saturated rings. The topological polar surface area (TPSA) is 21.3 Å². The van der Waals surface area contributed by atoms with Crippen molar-refractivity contribution in [2.45, 2.75) is 26.8 Å². The maximum Gasteiger partial charge on any atom is 0.167 e. The number of benzene rings is 1. The molecule has 0 aliphatic rings. The van der Waals surface area contributed by atoms with E-state index in [-0.39, 0.29) is 11.9 Å². The van der Waals surface area contributed by atoms with E-state index in [0.29, 0.717) is 18.3 Å². The molecule has 0 radical (unpaired) electrons. The first kappa shape index (κ1) is 14.9. The predicted molar refractivity (Wildman–Crippen MR) is 83.1 cm³/mol. The van der Waals surface area contributed by atoms with E-state index >= 15 is 0 Å². The zero-order valence-electron chi connectivity index (χ0n) is 12.0. The second-order valence-corrected chi connectivity index (χ2v) is 5.94. The normalized spacial score (nSPS) is 12.4. The van der Waals surface area contributed by atoms with Crippen molar-refractivity contribution in [2.24, 2.45) is 5.92 Å². The Kier molecular flexibility index (Phi) is 5.01. The molecule has 2 aromatic rings. The van der Waals surface area contributed by atoms with Crippen molar-refractivity contribution in [3.63, 3.8) is 0 Å². The number of hydrogen-bond donors (Lipinski definition) is 1. The summed E-state index contributed by atoms with van der Waals surface area (Å²) in [6.07, 6.45) is 0. The summed E-state index contributed by atoms with van der Waals surface area (Å²) in [4.78, 5) is 1.26. The molecule has 1 N–H and O–H groups in total. The van der Waals surface area contributed by atoms with Gasteiger partial charge < -0.3 is 10.1 Å². The third-order valence-electron chi connectivity index (χ3n) is 3.07. The molecule has 1 unspecified atom stereocenters. The van der Waals surface area contributed by atoms with E-state index in [9.17, 15) is 4.39 Å². The molecular formula is C16H20FNOS. The number of anilines is 1. The van der Waals surface area contributed by atoms with Crippen LogP contribution in [0.3, 0.4) is 0 Å². The quantitative estimate of drug-likeness (QED) is 0.800. The summed E-state index contributed by atoms with van der Waals surface area (Å²) < 4.78 is 19.1. The summed E-state index contributed by atoms with van der Waals surface area (Å²) in [7, 11) is 0. The van der Waals surface area contributed by atoms with Gasteiger partial charge in [-0.05, 0) is 36.4 Å². The molecule has 1 atom stereocenters. The zero-order valence-corrected chi connectivity index (χ0v) is 12.8. The van der Waals surface area contributed by atoms with Gasteiger partial charge in [-0.2, -0.15) is 0 Å². The van der Waals surface area contributed by atoms with Crippen molar-refractivity contribution in [1.82, 2.24) is 0 Å². The highest BCUT2D eigenvalue weighted by Crippen LogP contribution is 2.31. The van der Waals surface area contributed by atoms with Crippen molar-refractivity contribution in [2.75, 3.05) is 11.9 Å². The average Bonchev–Trinajstić information content (AvgIpc) is 2.92. The van der Waals surface area contributed by atoms with Crippen LogP contribution >= 0.6 is 11.3 Å². The molecule has 1 aromatic carbocycles. The van der Waals surface area contributed by atoms with Crippen molar-refractivity contribution >= 4 is 17.0 Å². The molecule has 1 heterocycles. The van der Waals surface area contributed by atoms with E-state index < -0.39 is 0 Å². The number of halogens is 1.